The molecular formula is C18H22ClN5O2. The van der Waals surface area contributed by atoms with Gasteiger partial charge in [0.05, 0.1) is 11.2 Å². The van der Waals surface area contributed by atoms with Crippen LogP contribution in [0.3, 0.4) is 0 Å². The van der Waals surface area contributed by atoms with Crippen LogP contribution in [0.15, 0.2) is 36.4 Å². The molecule has 0 radical (unpaired) electrons. The highest BCUT2D eigenvalue weighted by molar-refractivity contribution is 6.29. The van der Waals surface area contributed by atoms with Gasteiger partial charge in [0.25, 0.3) is 5.91 Å². The number of nitrogens with two attached hydrogens (primary N) is 1. The van der Waals surface area contributed by atoms with Crippen LogP contribution in [-0.2, 0) is 6.54 Å². The number of carbonyl (C=O) groups is 1. The third-order valence-corrected chi connectivity index (χ3v) is 4.75. The van der Waals surface area contributed by atoms with Crippen molar-refractivity contribution < 1.29 is 9.90 Å². The first kappa shape index (κ1) is 18.6. The lowest BCUT2D eigenvalue weighted by molar-refractivity contribution is 0.0560. The summed E-state index contributed by atoms with van der Waals surface area (Å²) in [5, 5.41) is 18.8. The van der Waals surface area contributed by atoms with E-state index >= 15 is 0 Å². The van der Waals surface area contributed by atoms with Gasteiger partial charge in [-0.2, -0.15) is 0 Å². The summed E-state index contributed by atoms with van der Waals surface area (Å²) in [5.74, 6) is -0.315. The number of aliphatic hydroxyl groups is 1. The Hall–Kier alpha value is -2.22. The SMILES string of the molecule is CN(CC1(O)CCN(Cc2ccccc2)C1)c1nnc(Cl)cc1C(N)=O. The molecule has 3 rings (SSSR count). The number of carbonyl (C=O) groups excluding carboxylic acids is 1. The predicted octanol–water partition coefficient (Wildman–Crippen LogP) is 1.30. The van der Waals surface area contributed by atoms with Gasteiger partial charge in [0.15, 0.2) is 11.0 Å². The van der Waals surface area contributed by atoms with Gasteiger partial charge in [-0.3, -0.25) is 9.69 Å². The number of hydrogen-bond acceptors (Lipinski definition) is 6. The maximum absolute atomic E-state index is 11.6. The summed E-state index contributed by atoms with van der Waals surface area (Å²) >= 11 is 5.80. The molecule has 2 aromatic rings. The predicted molar refractivity (Wildman–Crippen MR) is 100 cm³/mol. The fraction of sp³-hybridized carbons (Fsp3) is 0.389. The first-order valence-corrected chi connectivity index (χ1v) is 8.77. The average molecular weight is 376 g/mol. The molecule has 0 bridgehead atoms. The minimum Gasteiger partial charge on any atom is -0.387 e. The van der Waals surface area contributed by atoms with E-state index in [2.05, 4.69) is 27.2 Å². The molecule has 7 nitrogen and oxygen atoms in total. The summed E-state index contributed by atoms with van der Waals surface area (Å²) in [6.45, 7) is 2.45. The van der Waals surface area contributed by atoms with Crippen LogP contribution in [0.4, 0.5) is 5.82 Å². The zero-order valence-electron chi connectivity index (χ0n) is 14.6. The molecule has 1 aromatic carbocycles. The van der Waals surface area contributed by atoms with Gasteiger partial charge in [0.1, 0.15) is 0 Å². The van der Waals surface area contributed by atoms with Crippen molar-refractivity contribution in [1.29, 1.82) is 0 Å². The van der Waals surface area contributed by atoms with Crippen molar-refractivity contribution in [3.63, 3.8) is 0 Å². The molecule has 2 heterocycles. The highest BCUT2D eigenvalue weighted by Crippen LogP contribution is 2.26. The van der Waals surface area contributed by atoms with Crippen molar-refractivity contribution in [3.8, 4) is 0 Å². The molecule has 8 heteroatoms. The molecule has 1 aromatic heterocycles. The molecule has 138 valence electrons. The summed E-state index contributed by atoms with van der Waals surface area (Å²) in [5.41, 5.74) is 5.91. The summed E-state index contributed by atoms with van der Waals surface area (Å²) < 4.78 is 0. The number of halogens is 1. The van der Waals surface area contributed by atoms with Crippen LogP contribution in [0.5, 0.6) is 0 Å². The highest BCUT2D eigenvalue weighted by atomic mass is 35.5. The molecule has 1 saturated heterocycles. The molecule has 1 amide bonds. The van der Waals surface area contributed by atoms with Crippen LogP contribution >= 0.6 is 11.6 Å². The Morgan fingerprint density at radius 1 is 1.38 bits per heavy atom. The summed E-state index contributed by atoms with van der Waals surface area (Å²) in [6.07, 6.45) is 0.636. The monoisotopic (exact) mass is 375 g/mol. The molecule has 1 unspecified atom stereocenters. The number of nitrogens with zero attached hydrogens (tertiary/aromatic N) is 4. The zero-order valence-corrected chi connectivity index (χ0v) is 15.4. The van der Waals surface area contributed by atoms with Gasteiger partial charge in [-0.1, -0.05) is 41.9 Å². The molecule has 1 atom stereocenters. The molecule has 1 aliphatic rings. The lowest BCUT2D eigenvalue weighted by atomic mass is 10.0. The van der Waals surface area contributed by atoms with Crippen molar-refractivity contribution in [3.05, 3.63) is 52.7 Å². The zero-order chi connectivity index (χ0) is 18.7. The number of likely N-dealkylation sites (tertiary alicyclic amines) is 1. The van der Waals surface area contributed by atoms with E-state index in [0.717, 1.165) is 13.1 Å². The molecule has 1 aliphatic heterocycles. The van der Waals surface area contributed by atoms with E-state index in [1.807, 2.05) is 18.2 Å². The number of anilines is 1. The minimum absolute atomic E-state index is 0.101. The molecular weight excluding hydrogens is 354 g/mol. The number of benzene rings is 1. The van der Waals surface area contributed by atoms with Crippen LogP contribution in [0.1, 0.15) is 22.3 Å². The lowest BCUT2D eigenvalue weighted by Crippen LogP contribution is -2.44. The van der Waals surface area contributed by atoms with Crippen molar-refractivity contribution in [2.24, 2.45) is 5.73 Å². The fourth-order valence-corrected chi connectivity index (χ4v) is 3.53. The second-order valence-electron chi connectivity index (χ2n) is 6.80. The first-order chi connectivity index (χ1) is 12.4. The topological polar surface area (TPSA) is 95.6 Å². The first-order valence-electron chi connectivity index (χ1n) is 8.39. The Kier molecular flexibility index (Phi) is 5.41. The molecule has 3 N–H and O–H groups in total. The van der Waals surface area contributed by atoms with Gasteiger partial charge >= 0.3 is 0 Å². The second kappa shape index (κ2) is 7.57. The van der Waals surface area contributed by atoms with Crippen LogP contribution in [0, 0.1) is 0 Å². The Morgan fingerprint density at radius 2 is 2.12 bits per heavy atom. The molecule has 0 saturated carbocycles. The molecule has 0 spiro atoms. The van der Waals surface area contributed by atoms with E-state index < -0.39 is 11.5 Å². The van der Waals surface area contributed by atoms with E-state index in [4.69, 9.17) is 17.3 Å². The summed E-state index contributed by atoms with van der Waals surface area (Å²) in [6, 6.07) is 11.6. The fourth-order valence-electron chi connectivity index (χ4n) is 3.39. The van der Waals surface area contributed by atoms with Crippen molar-refractivity contribution in [2.75, 3.05) is 31.6 Å². The quantitative estimate of drug-likeness (QED) is 0.790. The smallest absolute Gasteiger partial charge is 0.252 e. The highest BCUT2D eigenvalue weighted by Gasteiger charge is 2.37. The van der Waals surface area contributed by atoms with E-state index in [1.165, 1.54) is 11.6 Å². The Labute approximate surface area is 157 Å². The number of aromatic nitrogens is 2. The normalized spacial score (nSPS) is 20.3. The minimum atomic E-state index is -0.903. The Bertz CT molecular complexity index is 788. The maximum atomic E-state index is 11.6. The number of rotatable bonds is 6. The average Bonchev–Trinajstić information content (AvgIpc) is 2.95. The van der Waals surface area contributed by atoms with Gasteiger partial charge < -0.3 is 15.7 Å². The van der Waals surface area contributed by atoms with Crippen LogP contribution in [0.2, 0.25) is 5.15 Å². The third-order valence-electron chi connectivity index (χ3n) is 4.56. The maximum Gasteiger partial charge on any atom is 0.252 e. The second-order valence-corrected chi connectivity index (χ2v) is 7.18. The Balaban J connectivity index is 1.68. The molecule has 26 heavy (non-hydrogen) atoms. The van der Waals surface area contributed by atoms with Crippen LogP contribution in [0.25, 0.3) is 0 Å². The van der Waals surface area contributed by atoms with Gasteiger partial charge in [-0.15, -0.1) is 10.2 Å². The number of β-amino-alcohol motifs (C(OH)–C–C–N with tert-alkyl or cyclic N) is 1. The standard InChI is InChI=1S/C18H22ClN5O2/c1-23(17-14(16(20)25)9-15(19)21-22-17)11-18(26)7-8-24(12-18)10-13-5-3-2-4-6-13/h2-6,9,26H,7-8,10-12H2,1H3,(H2,20,25). The van der Waals surface area contributed by atoms with E-state index in [0.29, 0.717) is 25.3 Å². The van der Waals surface area contributed by atoms with Gasteiger partial charge in [0.2, 0.25) is 0 Å². The van der Waals surface area contributed by atoms with E-state index in [-0.39, 0.29) is 10.7 Å². The van der Waals surface area contributed by atoms with Crippen molar-refractivity contribution in [2.45, 2.75) is 18.6 Å². The largest absolute Gasteiger partial charge is 0.387 e. The summed E-state index contributed by atoms with van der Waals surface area (Å²) in [4.78, 5) is 15.6. The van der Waals surface area contributed by atoms with Gasteiger partial charge in [-0.05, 0) is 18.1 Å². The van der Waals surface area contributed by atoms with E-state index in [9.17, 15) is 9.90 Å². The van der Waals surface area contributed by atoms with Crippen LogP contribution in [-0.4, -0.2) is 58.4 Å². The number of likely N-dealkylation sites (N-methyl/N-ethyl adjacent to an activating group) is 1. The van der Waals surface area contributed by atoms with Gasteiger partial charge in [-0.25, -0.2) is 0 Å². The molecule has 0 aliphatic carbocycles. The van der Waals surface area contributed by atoms with Gasteiger partial charge in [0, 0.05) is 33.2 Å². The Morgan fingerprint density at radius 3 is 2.81 bits per heavy atom. The number of amides is 1. The lowest BCUT2D eigenvalue weighted by Gasteiger charge is -2.30. The van der Waals surface area contributed by atoms with Crippen molar-refractivity contribution >= 4 is 23.3 Å². The van der Waals surface area contributed by atoms with Crippen LogP contribution < -0.4 is 10.6 Å². The summed E-state index contributed by atoms with van der Waals surface area (Å²) in [7, 11) is 1.75. The third kappa shape index (κ3) is 4.30. The number of primary amides is 1. The molecule has 1 fully saturated rings. The number of hydrogen-bond donors (Lipinski definition) is 2. The van der Waals surface area contributed by atoms with E-state index in [1.54, 1.807) is 11.9 Å². The van der Waals surface area contributed by atoms with Crippen molar-refractivity contribution in [1.82, 2.24) is 15.1 Å².